The van der Waals surface area contributed by atoms with Gasteiger partial charge in [0.15, 0.2) is 0 Å². The average Bonchev–Trinajstić information content (AvgIpc) is 3.46. The molecule has 5 aromatic rings. The Morgan fingerprint density at radius 3 is 2.75 bits per heavy atom. The van der Waals surface area contributed by atoms with Crippen LogP contribution < -0.4 is 10.1 Å². The summed E-state index contributed by atoms with van der Waals surface area (Å²) in [5.74, 6) is 0.860. The number of aryl methyl sites for hydroxylation is 1. The first-order valence-electron chi connectivity index (χ1n) is 11.5. The highest BCUT2D eigenvalue weighted by molar-refractivity contribution is 5.98. The molecule has 0 bridgehead atoms. The van der Waals surface area contributed by atoms with Crippen molar-refractivity contribution in [1.82, 2.24) is 30.0 Å². The van der Waals surface area contributed by atoms with Gasteiger partial charge >= 0.3 is 0 Å². The summed E-state index contributed by atoms with van der Waals surface area (Å²) in [5.41, 5.74) is 5.99. The van der Waals surface area contributed by atoms with Crippen LogP contribution in [0, 0.1) is 6.92 Å². The molecule has 0 aliphatic rings. The number of aromatic amines is 1. The zero-order valence-corrected chi connectivity index (χ0v) is 20.4. The van der Waals surface area contributed by atoms with Crippen LogP contribution in [0.25, 0.3) is 33.5 Å². The number of phenolic OH excluding ortho intramolecular Hbond substituents is 1. The van der Waals surface area contributed by atoms with Crippen molar-refractivity contribution in [1.29, 1.82) is 0 Å². The monoisotopic (exact) mass is 482 g/mol. The number of ether oxygens (including phenoxy) is 1. The lowest BCUT2D eigenvalue weighted by atomic mass is 10.0. The van der Waals surface area contributed by atoms with Gasteiger partial charge in [0.2, 0.25) is 5.88 Å². The Labute approximate surface area is 207 Å². The van der Waals surface area contributed by atoms with Crippen LogP contribution in [-0.2, 0) is 7.05 Å². The fourth-order valence-electron chi connectivity index (χ4n) is 4.24. The molecule has 0 aliphatic carbocycles. The minimum atomic E-state index is -0.203. The lowest BCUT2D eigenvalue weighted by Crippen LogP contribution is -2.26. The van der Waals surface area contributed by atoms with Crippen molar-refractivity contribution >= 4 is 16.9 Å². The standard InChI is InChI=1S/C27H26N6O3/c1-15(21-14-29-33(3)16(21)2)30-26(35)18-7-9-22-23(13-18)32-25(31-22)20-12-17(8-10-24(20)34)19-6-5-11-28-27(19)36-4/h5-15,34H,1-4H3,(H,30,35)(H,31,32). The first kappa shape index (κ1) is 23.1. The zero-order chi connectivity index (χ0) is 25.4. The van der Waals surface area contributed by atoms with Crippen LogP contribution in [0.15, 0.2) is 60.9 Å². The molecule has 3 N–H and O–H groups in total. The highest BCUT2D eigenvalue weighted by Crippen LogP contribution is 2.35. The number of amides is 1. The third kappa shape index (κ3) is 4.15. The van der Waals surface area contributed by atoms with Crippen LogP contribution in [-0.4, -0.2) is 42.9 Å². The number of hydrogen-bond acceptors (Lipinski definition) is 6. The van der Waals surface area contributed by atoms with Gasteiger partial charge in [-0.15, -0.1) is 0 Å². The molecule has 36 heavy (non-hydrogen) atoms. The third-order valence-electron chi connectivity index (χ3n) is 6.36. The number of methoxy groups -OCH3 is 1. The van der Waals surface area contributed by atoms with Crippen LogP contribution in [0.5, 0.6) is 11.6 Å². The Morgan fingerprint density at radius 1 is 1.17 bits per heavy atom. The topological polar surface area (TPSA) is 118 Å². The lowest BCUT2D eigenvalue weighted by Gasteiger charge is -2.13. The molecule has 5 rings (SSSR count). The maximum Gasteiger partial charge on any atom is 0.251 e. The van der Waals surface area contributed by atoms with Gasteiger partial charge in [0.05, 0.1) is 35.9 Å². The Morgan fingerprint density at radius 2 is 2.00 bits per heavy atom. The smallest absolute Gasteiger partial charge is 0.251 e. The van der Waals surface area contributed by atoms with E-state index in [1.54, 1.807) is 48.5 Å². The van der Waals surface area contributed by atoms with Gasteiger partial charge in [-0.3, -0.25) is 9.48 Å². The quantitative estimate of drug-likeness (QED) is 0.327. The van der Waals surface area contributed by atoms with E-state index in [9.17, 15) is 9.90 Å². The van der Waals surface area contributed by atoms with Crippen molar-refractivity contribution in [3.8, 4) is 34.1 Å². The van der Waals surface area contributed by atoms with E-state index in [2.05, 4.69) is 25.4 Å². The van der Waals surface area contributed by atoms with Crippen molar-refractivity contribution in [2.75, 3.05) is 7.11 Å². The minimum Gasteiger partial charge on any atom is -0.507 e. The van der Waals surface area contributed by atoms with E-state index in [0.717, 1.165) is 27.9 Å². The van der Waals surface area contributed by atoms with E-state index in [1.165, 1.54) is 0 Å². The number of pyridine rings is 1. The Balaban J connectivity index is 1.45. The maximum atomic E-state index is 12.9. The van der Waals surface area contributed by atoms with Gasteiger partial charge in [-0.05, 0) is 61.9 Å². The Hall–Kier alpha value is -4.66. The molecule has 2 aromatic carbocycles. The second-order valence-corrected chi connectivity index (χ2v) is 8.61. The van der Waals surface area contributed by atoms with Gasteiger partial charge in [-0.25, -0.2) is 9.97 Å². The van der Waals surface area contributed by atoms with Gasteiger partial charge < -0.3 is 20.1 Å². The van der Waals surface area contributed by atoms with Crippen molar-refractivity contribution < 1.29 is 14.6 Å². The Bertz CT molecular complexity index is 1590. The van der Waals surface area contributed by atoms with Crippen LogP contribution in [0.2, 0.25) is 0 Å². The highest BCUT2D eigenvalue weighted by atomic mass is 16.5. The fraction of sp³-hybridized carbons (Fsp3) is 0.185. The van der Waals surface area contributed by atoms with Crippen LogP contribution in [0.3, 0.4) is 0 Å². The summed E-state index contributed by atoms with van der Waals surface area (Å²) in [7, 11) is 3.44. The number of carbonyl (C=O) groups is 1. The molecule has 0 radical (unpaired) electrons. The fourth-order valence-corrected chi connectivity index (χ4v) is 4.24. The summed E-state index contributed by atoms with van der Waals surface area (Å²) in [6, 6.07) is 14.1. The second kappa shape index (κ2) is 9.18. The molecule has 1 unspecified atom stereocenters. The van der Waals surface area contributed by atoms with Gasteiger partial charge in [0.1, 0.15) is 11.6 Å². The van der Waals surface area contributed by atoms with Crippen LogP contribution in [0.1, 0.15) is 34.6 Å². The largest absolute Gasteiger partial charge is 0.507 e. The molecule has 3 heterocycles. The summed E-state index contributed by atoms with van der Waals surface area (Å²) in [6.45, 7) is 3.90. The highest BCUT2D eigenvalue weighted by Gasteiger charge is 2.18. The molecule has 9 heteroatoms. The lowest BCUT2D eigenvalue weighted by molar-refractivity contribution is 0.0940. The number of phenols is 1. The number of nitrogens with zero attached hydrogens (tertiary/aromatic N) is 4. The van der Waals surface area contributed by atoms with Gasteiger partial charge in [0, 0.05) is 35.6 Å². The molecule has 0 saturated carbocycles. The Kier molecular flexibility index (Phi) is 5.89. The summed E-state index contributed by atoms with van der Waals surface area (Å²) in [4.78, 5) is 25.1. The molecule has 9 nitrogen and oxygen atoms in total. The van der Waals surface area contributed by atoms with Crippen molar-refractivity contribution in [2.24, 2.45) is 7.05 Å². The number of benzene rings is 2. The molecular weight excluding hydrogens is 456 g/mol. The first-order valence-corrected chi connectivity index (χ1v) is 11.5. The average molecular weight is 483 g/mol. The van der Waals surface area contributed by atoms with Crippen LogP contribution in [0.4, 0.5) is 0 Å². The molecular formula is C27H26N6O3. The molecule has 3 aromatic heterocycles. The molecule has 0 fully saturated rings. The van der Waals surface area contributed by atoms with Crippen molar-refractivity contribution in [2.45, 2.75) is 19.9 Å². The molecule has 1 amide bonds. The number of hydrogen-bond donors (Lipinski definition) is 3. The SMILES string of the molecule is COc1ncccc1-c1ccc(O)c(-c2nc3cc(C(=O)NC(C)c4cnn(C)c4C)ccc3[nH]2)c1. The predicted octanol–water partition coefficient (Wildman–Crippen LogP) is 4.54. The summed E-state index contributed by atoms with van der Waals surface area (Å²) < 4.78 is 7.16. The van der Waals surface area contributed by atoms with Crippen LogP contribution >= 0.6 is 0 Å². The first-order chi connectivity index (χ1) is 17.4. The maximum absolute atomic E-state index is 12.9. The van der Waals surface area contributed by atoms with E-state index in [4.69, 9.17) is 4.74 Å². The van der Waals surface area contributed by atoms with Crippen molar-refractivity contribution in [3.63, 3.8) is 0 Å². The van der Waals surface area contributed by atoms with E-state index in [1.807, 2.05) is 45.2 Å². The normalized spacial score (nSPS) is 12.0. The molecule has 0 spiro atoms. The number of imidazole rings is 1. The van der Waals surface area contributed by atoms with E-state index in [0.29, 0.717) is 28.3 Å². The number of carbonyl (C=O) groups excluding carboxylic acids is 1. The number of nitrogens with one attached hydrogen (secondary N) is 2. The number of aromatic nitrogens is 5. The van der Waals surface area contributed by atoms with Gasteiger partial charge in [-0.1, -0.05) is 6.07 Å². The zero-order valence-electron chi connectivity index (χ0n) is 20.4. The number of rotatable bonds is 6. The predicted molar refractivity (Wildman–Crippen MR) is 137 cm³/mol. The second-order valence-electron chi connectivity index (χ2n) is 8.61. The molecule has 0 saturated heterocycles. The van der Waals surface area contributed by atoms with Crippen molar-refractivity contribution in [3.05, 3.63) is 77.7 Å². The summed E-state index contributed by atoms with van der Waals surface area (Å²) in [6.07, 6.45) is 3.43. The van der Waals surface area contributed by atoms with E-state index >= 15 is 0 Å². The van der Waals surface area contributed by atoms with E-state index in [-0.39, 0.29) is 17.7 Å². The number of H-pyrrole nitrogens is 1. The molecule has 1 atom stereocenters. The van der Waals surface area contributed by atoms with Gasteiger partial charge in [-0.2, -0.15) is 5.10 Å². The molecule has 0 aliphatic heterocycles. The number of aromatic hydroxyl groups is 1. The number of fused-ring (bicyclic) bond motifs is 1. The van der Waals surface area contributed by atoms with E-state index < -0.39 is 0 Å². The molecule has 182 valence electrons. The summed E-state index contributed by atoms with van der Waals surface area (Å²) >= 11 is 0. The van der Waals surface area contributed by atoms with Gasteiger partial charge in [0.25, 0.3) is 5.91 Å². The third-order valence-corrected chi connectivity index (χ3v) is 6.36. The summed E-state index contributed by atoms with van der Waals surface area (Å²) in [5, 5.41) is 17.9. The minimum absolute atomic E-state index is 0.0827.